The summed E-state index contributed by atoms with van der Waals surface area (Å²) in [4.78, 5) is 15.4. The Morgan fingerprint density at radius 3 is 2.46 bits per heavy atom. The second-order valence-electron chi connectivity index (χ2n) is 5.69. The first-order chi connectivity index (χ1) is 11.6. The van der Waals surface area contributed by atoms with Crippen molar-refractivity contribution in [3.63, 3.8) is 0 Å². The third kappa shape index (κ3) is 5.35. The van der Waals surface area contributed by atoms with Gasteiger partial charge >= 0.3 is 0 Å². The molecule has 0 bridgehead atoms. The summed E-state index contributed by atoms with van der Waals surface area (Å²) in [5.74, 6) is 0.400. The molecule has 0 aromatic heterocycles. The van der Waals surface area contributed by atoms with Crippen molar-refractivity contribution in [2.45, 2.75) is 17.4 Å². The molecule has 1 N–H and O–H groups in total. The molecule has 0 aliphatic heterocycles. The molecule has 0 radical (unpaired) electrons. The van der Waals surface area contributed by atoms with Gasteiger partial charge in [-0.1, -0.05) is 36.4 Å². The number of benzene rings is 2. The summed E-state index contributed by atoms with van der Waals surface area (Å²) < 4.78 is 14.0. The van der Waals surface area contributed by atoms with Crippen molar-refractivity contribution in [2.75, 3.05) is 26.4 Å². The average molecular weight is 346 g/mol. The molecule has 3 nitrogen and oxygen atoms in total. The van der Waals surface area contributed by atoms with Gasteiger partial charge in [-0.2, -0.15) is 0 Å². The summed E-state index contributed by atoms with van der Waals surface area (Å²) in [6.45, 7) is 0.581. The van der Waals surface area contributed by atoms with E-state index in [0.29, 0.717) is 12.1 Å². The van der Waals surface area contributed by atoms with Gasteiger partial charge in [0.15, 0.2) is 0 Å². The summed E-state index contributed by atoms with van der Waals surface area (Å²) in [5, 5.41) is 2.92. The molecule has 128 valence electrons. The fourth-order valence-electron chi connectivity index (χ4n) is 2.44. The second-order valence-corrected chi connectivity index (χ2v) is 6.86. The van der Waals surface area contributed by atoms with Crippen LogP contribution in [0, 0.1) is 5.82 Å². The Hall–Kier alpha value is -1.85. The maximum Gasteiger partial charge on any atom is 0.242 e. The number of hydrogen-bond donors (Lipinski definition) is 1. The van der Waals surface area contributed by atoms with Gasteiger partial charge in [-0.05, 0) is 44.5 Å². The van der Waals surface area contributed by atoms with Gasteiger partial charge in [0.1, 0.15) is 11.9 Å². The number of rotatable bonds is 8. The van der Waals surface area contributed by atoms with Crippen LogP contribution in [0.3, 0.4) is 0 Å². The number of halogens is 1. The fraction of sp³-hybridized carbons (Fsp3) is 0.316. The quantitative estimate of drug-likeness (QED) is 0.584. The molecule has 0 aliphatic carbocycles. The van der Waals surface area contributed by atoms with Crippen LogP contribution in [-0.2, 0) is 4.79 Å². The summed E-state index contributed by atoms with van der Waals surface area (Å²) >= 11 is 1.76. The molecule has 24 heavy (non-hydrogen) atoms. The van der Waals surface area contributed by atoms with Crippen molar-refractivity contribution in [2.24, 2.45) is 0 Å². The van der Waals surface area contributed by atoms with Crippen molar-refractivity contribution in [3.05, 3.63) is 66.0 Å². The number of nitrogens with zero attached hydrogens (tertiary/aromatic N) is 1. The van der Waals surface area contributed by atoms with Crippen LogP contribution in [0.25, 0.3) is 0 Å². The largest absolute Gasteiger partial charge is 0.354 e. The molecule has 2 aromatic rings. The van der Waals surface area contributed by atoms with E-state index in [4.69, 9.17) is 0 Å². The minimum Gasteiger partial charge on any atom is -0.354 e. The molecular weight excluding hydrogens is 323 g/mol. The Morgan fingerprint density at radius 1 is 1.12 bits per heavy atom. The third-order valence-corrected chi connectivity index (χ3v) is 4.70. The van der Waals surface area contributed by atoms with Gasteiger partial charge in [-0.15, -0.1) is 11.8 Å². The summed E-state index contributed by atoms with van der Waals surface area (Å²) in [7, 11) is 3.56. The lowest BCUT2D eigenvalue weighted by atomic mass is 10.0. The lowest BCUT2D eigenvalue weighted by molar-refractivity contribution is -0.125. The third-order valence-electron chi connectivity index (χ3n) is 3.60. The van der Waals surface area contributed by atoms with Crippen LogP contribution in [0.4, 0.5) is 4.39 Å². The van der Waals surface area contributed by atoms with Gasteiger partial charge < -0.3 is 5.32 Å². The highest BCUT2D eigenvalue weighted by atomic mass is 32.2. The van der Waals surface area contributed by atoms with E-state index in [1.807, 2.05) is 18.2 Å². The summed E-state index contributed by atoms with van der Waals surface area (Å²) in [6.07, 6.45) is 0.864. The Labute approximate surface area is 147 Å². The van der Waals surface area contributed by atoms with Crippen LogP contribution in [0.15, 0.2) is 59.5 Å². The van der Waals surface area contributed by atoms with E-state index in [1.54, 1.807) is 49.0 Å². The van der Waals surface area contributed by atoms with Gasteiger partial charge in [0.2, 0.25) is 5.91 Å². The van der Waals surface area contributed by atoms with Crippen LogP contribution in [-0.4, -0.2) is 37.2 Å². The van der Waals surface area contributed by atoms with E-state index in [2.05, 4.69) is 17.4 Å². The van der Waals surface area contributed by atoms with Crippen LogP contribution < -0.4 is 5.32 Å². The van der Waals surface area contributed by atoms with Crippen LogP contribution >= 0.6 is 11.8 Å². The SMILES string of the molecule is CN(C)[C@H](C(=O)NCCCSc1ccccc1)c1ccccc1F. The van der Waals surface area contributed by atoms with Gasteiger partial charge in [-0.25, -0.2) is 4.39 Å². The zero-order valence-electron chi connectivity index (χ0n) is 14.0. The van der Waals surface area contributed by atoms with E-state index in [-0.39, 0.29) is 11.7 Å². The summed E-state index contributed by atoms with van der Waals surface area (Å²) in [5.41, 5.74) is 0.402. The predicted molar refractivity (Wildman–Crippen MR) is 97.6 cm³/mol. The van der Waals surface area contributed by atoms with E-state index >= 15 is 0 Å². The van der Waals surface area contributed by atoms with Gasteiger partial charge in [-0.3, -0.25) is 9.69 Å². The van der Waals surface area contributed by atoms with E-state index < -0.39 is 6.04 Å². The normalized spacial score (nSPS) is 12.2. The first-order valence-electron chi connectivity index (χ1n) is 7.96. The maximum atomic E-state index is 14.0. The number of amides is 1. The molecule has 2 rings (SSSR count). The molecular formula is C19H23FN2OS. The smallest absolute Gasteiger partial charge is 0.242 e. The zero-order valence-corrected chi connectivity index (χ0v) is 14.9. The van der Waals surface area contributed by atoms with Crippen molar-refractivity contribution < 1.29 is 9.18 Å². The monoisotopic (exact) mass is 346 g/mol. The van der Waals surface area contributed by atoms with Crippen molar-refractivity contribution in [1.82, 2.24) is 10.2 Å². The highest BCUT2D eigenvalue weighted by Crippen LogP contribution is 2.21. The number of nitrogens with one attached hydrogen (secondary N) is 1. The molecule has 5 heteroatoms. The molecule has 0 saturated carbocycles. The fourth-order valence-corrected chi connectivity index (χ4v) is 3.31. The Bertz CT molecular complexity index is 649. The standard InChI is InChI=1S/C19H23FN2OS/c1-22(2)18(16-11-6-7-12-17(16)20)19(23)21-13-8-14-24-15-9-4-3-5-10-15/h3-7,9-12,18H,8,13-14H2,1-2H3,(H,21,23)/t18-/m0/s1. The topological polar surface area (TPSA) is 32.3 Å². The van der Waals surface area contributed by atoms with E-state index in [1.165, 1.54) is 11.0 Å². The molecule has 0 spiro atoms. The number of hydrogen-bond acceptors (Lipinski definition) is 3. The molecule has 1 atom stereocenters. The van der Waals surface area contributed by atoms with Crippen LogP contribution in [0.1, 0.15) is 18.0 Å². The highest BCUT2D eigenvalue weighted by molar-refractivity contribution is 7.99. The van der Waals surface area contributed by atoms with Gasteiger partial charge in [0.05, 0.1) is 0 Å². The molecule has 0 fully saturated rings. The van der Waals surface area contributed by atoms with Crippen molar-refractivity contribution in [3.8, 4) is 0 Å². The molecule has 0 unspecified atom stereocenters. The lowest BCUT2D eigenvalue weighted by Gasteiger charge is -2.24. The van der Waals surface area contributed by atoms with Crippen molar-refractivity contribution in [1.29, 1.82) is 0 Å². The van der Waals surface area contributed by atoms with Gasteiger partial charge in [0, 0.05) is 17.0 Å². The summed E-state index contributed by atoms with van der Waals surface area (Å²) in [6, 6.07) is 16.0. The second kappa shape index (κ2) is 9.45. The van der Waals surface area contributed by atoms with Crippen LogP contribution in [0.5, 0.6) is 0 Å². The number of likely N-dealkylation sites (N-methyl/N-ethyl adjacent to an activating group) is 1. The first kappa shape index (κ1) is 18.5. The highest BCUT2D eigenvalue weighted by Gasteiger charge is 2.25. The zero-order chi connectivity index (χ0) is 17.4. The molecule has 1 amide bonds. The number of carbonyl (C=O) groups excluding carboxylic acids is 1. The number of carbonyl (C=O) groups is 1. The predicted octanol–water partition coefficient (Wildman–Crippen LogP) is 3.73. The molecule has 2 aromatic carbocycles. The average Bonchev–Trinajstić information content (AvgIpc) is 2.57. The minimum atomic E-state index is -0.618. The maximum absolute atomic E-state index is 14.0. The lowest BCUT2D eigenvalue weighted by Crippen LogP contribution is -2.38. The first-order valence-corrected chi connectivity index (χ1v) is 8.94. The minimum absolute atomic E-state index is 0.171. The molecule has 0 heterocycles. The van der Waals surface area contributed by atoms with E-state index in [0.717, 1.165) is 12.2 Å². The number of thioether (sulfide) groups is 1. The van der Waals surface area contributed by atoms with Crippen LogP contribution in [0.2, 0.25) is 0 Å². The Kier molecular flexibility index (Phi) is 7.28. The van der Waals surface area contributed by atoms with E-state index in [9.17, 15) is 9.18 Å². The molecule has 0 aliphatic rings. The van der Waals surface area contributed by atoms with Crippen molar-refractivity contribution >= 4 is 17.7 Å². The Morgan fingerprint density at radius 2 is 1.79 bits per heavy atom. The van der Waals surface area contributed by atoms with Gasteiger partial charge in [0.25, 0.3) is 0 Å². The molecule has 0 saturated heterocycles. The Balaban J connectivity index is 1.82.